The zero-order valence-electron chi connectivity index (χ0n) is 18.8. The molecule has 0 aliphatic carbocycles. The molecule has 0 saturated heterocycles. The summed E-state index contributed by atoms with van der Waals surface area (Å²) >= 11 is 12.5. The highest BCUT2D eigenvalue weighted by Gasteiger charge is 2.45. The van der Waals surface area contributed by atoms with Gasteiger partial charge in [0.2, 0.25) is 0 Å². The van der Waals surface area contributed by atoms with Gasteiger partial charge in [0.15, 0.2) is 5.69 Å². The van der Waals surface area contributed by atoms with Crippen molar-refractivity contribution in [3.05, 3.63) is 93.4 Å². The van der Waals surface area contributed by atoms with E-state index in [4.69, 9.17) is 28.2 Å². The Hall–Kier alpha value is -3.35. The number of pyridine rings is 1. The molecule has 1 aliphatic rings. The number of aromatic hydroxyl groups is 1. The van der Waals surface area contributed by atoms with Gasteiger partial charge in [0, 0.05) is 22.3 Å². The number of rotatable bonds is 4. The Morgan fingerprint density at radius 3 is 2.44 bits per heavy atom. The second-order valence-corrected chi connectivity index (χ2v) is 9.43. The van der Waals surface area contributed by atoms with Crippen molar-refractivity contribution < 1.29 is 9.90 Å². The number of fused-ring (bicyclic) bond motifs is 1. The molecule has 2 aromatic heterocycles. The average molecular weight is 493 g/mol. The van der Waals surface area contributed by atoms with Gasteiger partial charge in [0.25, 0.3) is 5.91 Å². The van der Waals surface area contributed by atoms with Crippen molar-refractivity contribution in [2.45, 2.75) is 32.9 Å². The summed E-state index contributed by atoms with van der Waals surface area (Å²) < 4.78 is 2.02. The predicted molar refractivity (Wildman–Crippen MR) is 134 cm³/mol. The van der Waals surface area contributed by atoms with E-state index in [1.54, 1.807) is 41.4 Å². The molecule has 1 unspecified atom stereocenters. The summed E-state index contributed by atoms with van der Waals surface area (Å²) in [6.07, 6.45) is 1.58. The fraction of sp³-hybridized carbons (Fsp3) is 0.192. The fourth-order valence-corrected chi connectivity index (χ4v) is 4.97. The normalized spacial score (nSPS) is 15.3. The number of nitrogens with zero attached hydrogens (tertiary/aromatic N) is 4. The molecule has 1 N–H and O–H groups in total. The molecule has 172 valence electrons. The number of imidazole rings is 1. The molecular weight excluding hydrogens is 471 g/mol. The van der Waals surface area contributed by atoms with Gasteiger partial charge in [-0.2, -0.15) is 0 Å². The largest absolute Gasteiger partial charge is 0.507 e. The van der Waals surface area contributed by atoms with Crippen molar-refractivity contribution in [2.24, 2.45) is 0 Å². The number of carbonyl (C=O) groups excluding carboxylic acids is 1. The average Bonchev–Trinajstić information content (AvgIpc) is 3.30. The second kappa shape index (κ2) is 8.46. The lowest BCUT2D eigenvalue weighted by molar-refractivity contribution is 0.0988. The molecule has 4 aromatic rings. The Morgan fingerprint density at radius 2 is 1.76 bits per heavy atom. The summed E-state index contributed by atoms with van der Waals surface area (Å²) in [6, 6.07) is 15.4. The number of amides is 1. The molecule has 0 radical (unpaired) electrons. The summed E-state index contributed by atoms with van der Waals surface area (Å²) in [5.41, 5.74) is 3.48. The Bertz CT molecular complexity index is 1430. The fourth-order valence-electron chi connectivity index (χ4n) is 4.59. The first-order chi connectivity index (χ1) is 16.3. The van der Waals surface area contributed by atoms with Crippen molar-refractivity contribution in [3.8, 4) is 17.1 Å². The highest BCUT2D eigenvalue weighted by molar-refractivity contribution is 6.31. The van der Waals surface area contributed by atoms with Gasteiger partial charge >= 0.3 is 0 Å². The first kappa shape index (κ1) is 22.4. The van der Waals surface area contributed by atoms with Crippen LogP contribution in [0.3, 0.4) is 0 Å². The van der Waals surface area contributed by atoms with Gasteiger partial charge in [0.05, 0.1) is 11.3 Å². The van der Waals surface area contributed by atoms with Crippen molar-refractivity contribution in [1.82, 2.24) is 14.5 Å². The van der Waals surface area contributed by atoms with Crippen LogP contribution in [0.4, 0.5) is 5.82 Å². The molecule has 0 bridgehead atoms. The standard InChI is InChI=1S/C26H22Cl2N4O2/c1-14(2)31-24-22(30-25(31)19-6-4-5-7-20(19)33)26(34)32(21-13-17(28)10-11-29-21)23(24)18-9-8-16(27)12-15(18)3/h4-14,23,33H,1-3H3. The van der Waals surface area contributed by atoms with Gasteiger partial charge in [-0.1, -0.05) is 41.4 Å². The molecule has 1 aliphatic heterocycles. The highest BCUT2D eigenvalue weighted by atomic mass is 35.5. The van der Waals surface area contributed by atoms with Gasteiger partial charge in [0.1, 0.15) is 23.4 Å². The summed E-state index contributed by atoms with van der Waals surface area (Å²) in [4.78, 5) is 24.7. The Labute approximate surface area is 207 Å². The Morgan fingerprint density at radius 1 is 1.03 bits per heavy atom. The number of phenolic OH excluding ortho intramolecular Hbond substituents is 1. The molecule has 0 spiro atoms. The van der Waals surface area contributed by atoms with Crippen LogP contribution in [0.25, 0.3) is 11.4 Å². The number of hydrogen-bond donors (Lipinski definition) is 1. The summed E-state index contributed by atoms with van der Waals surface area (Å²) in [5, 5.41) is 11.7. The van der Waals surface area contributed by atoms with Crippen molar-refractivity contribution in [2.75, 3.05) is 4.90 Å². The van der Waals surface area contributed by atoms with Crippen LogP contribution in [0.2, 0.25) is 10.0 Å². The first-order valence-corrected chi connectivity index (χ1v) is 11.6. The number of halogens is 2. The molecule has 0 fully saturated rings. The van der Waals surface area contributed by atoms with Crippen LogP contribution in [0, 0.1) is 6.92 Å². The van der Waals surface area contributed by atoms with Crippen molar-refractivity contribution >= 4 is 34.9 Å². The van der Waals surface area contributed by atoms with E-state index in [1.807, 2.05) is 49.6 Å². The van der Waals surface area contributed by atoms with E-state index in [-0.39, 0.29) is 17.7 Å². The maximum atomic E-state index is 13.9. The maximum absolute atomic E-state index is 13.9. The lowest BCUT2D eigenvalue weighted by atomic mass is 9.98. The molecule has 1 amide bonds. The molecule has 0 saturated carbocycles. The van der Waals surface area contributed by atoms with Crippen molar-refractivity contribution in [3.63, 3.8) is 0 Å². The minimum Gasteiger partial charge on any atom is -0.507 e. The number of para-hydroxylation sites is 1. The minimum absolute atomic E-state index is 0.0407. The molecule has 2 aromatic carbocycles. The SMILES string of the molecule is Cc1cc(Cl)ccc1C1c2c(nc(-c3ccccc3O)n2C(C)C)C(=O)N1c1cc(Cl)ccn1. The van der Waals surface area contributed by atoms with Crippen molar-refractivity contribution in [1.29, 1.82) is 0 Å². The molecule has 5 rings (SSSR count). The third kappa shape index (κ3) is 3.54. The third-order valence-electron chi connectivity index (χ3n) is 6.03. The first-order valence-electron chi connectivity index (χ1n) is 10.9. The molecular formula is C26H22Cl2N4O2. The quantitative estimate of drug-likeness (QED) is 0.348. The van der Waals surface area contributed by atoms with E-state index in [0.29, 0.717) is 32.9 Å². The van der Waals surface area contributed by atoms with E-state index in [2.05, 4.69) is 4.98 Å². The number of aryl methyl sites for hydroxylation is 1. The minimum atomic E-state index is -0.500. The molecule has 8 heteroatoms. The lowest BCUT2D eigenvalue weighted by Crippen LogP contribution is -2.31. The monoisotopic (exact) mass is 492 g/mol. The number of anilines is 1. The smallest absolute Gasteiger partial charge is 0.280 e. The molecule has 34 heavy (non-hydrogen) atoms. The zero-order valence-corrected chi connectivity index (χ0v) is 20.3. The van der Waals surface area contributed by atoms with E-state index in [0.717, 1.165) is 16.8 Å². The van der Waals surface area contributed by atoms with Gasteiger partial charge in [-0.3, -0.25) is 9.69 Å². The molecule has 3 heterocycles. The van der Waals surface area contributed by atoms with Gasteiger partial charge in [-0.15, -0.1) is 0 Å². The molecule has 6 nitrogen and oxygen atoms in total. The van der Waals surface area contributed by atoms with Crippen LogP contribution in [0.1, 0.15) is 53.2 Å². The number of phenols is 1. The van der Waals surface area contributed by atoms with E-state index in [1.165, 1.54) is 0 Å². The van der Waals surface area contributed by atoms with E-state index < -0.39 is 6.04 Å². The number of hydrogen-bond acceptors (Lipinski definition) is 4. The maximum Gasteiger partial charge on any atom is 0.280 e. The van der Waals surface area contributed by atoms with Gasteiger partial charge < -0.3 is 9.67 Å². The Kier molecular flexibility index (Phi) is 5.58. The summed E-state index contributed by atoms with van der Waals surface area (Å²) in [6.45, 7) is 6.03. The predicted octanol–water partition coefficient (Wildman–Crippen LogP) is 6.60. The lowest BCUT2D eigenvalue weighted by Gasteiger charge is -2.28. The zero-order chi connectivity index (χ0) is 24.1. The second-order valence-electron chi connectivity index (χ2n) is 8.56. The van der Waals surface area contributed by atoms with E-state index in [9.17, 15) is 9.90 Å². The van der Waals surface area contributed by atoms with Crippen LogP contribution >= 0.6 is 23.2 Å². The number of carbonyl (C=O) groups is 1. The molecule has 1 atom stereocenters. The van der Waals surface area contributed by atoms with Gasteiger partial charge in [-0.05, 0) is 68.3 Å². The van der Waals surface area contributed by atoms with E-state index >= 15 is 0 Å². The van der Waals surface area contributed by atoms with Crippen LogP contribution in [-0.4, -0.2) is 25.5 Å². The topological polar surface area (TPSA) is 71.2 Å². The Balaban J connectivity index is 1.81. The number of aromatic nitrogens is 3. The summed E-state index contributed by atoms with van der Waals surface area (Å²) in [7, 11) is 0. The van der Waals surface area contributed by atoms with Crippen LogP contribution in [0.15, 0.2) is 60.8 Å². The van der Waals surface area contributed by atoms with Gasteiger partial charge in [-0.25, -0.2) is 9.97 Å². The number of benzene rings is 2. The van der Waals surface area contributed by atoms with Crippen LogP contribution in [0.5, 0.6) is 5.75 Å². The highest BCUT2D eigenvalue weighted by Crippen LogP contribution is 2.46. The van der Waals surface area contributed by atoms with Crippen LogP contribution in [-0.2, 0) is 0 Å². The summed E-state index contributed by atoms with van der Waals surface area (Å²) in [5.74, 6) is 0.810. The third-order valence-corrected chi connectivity index (χ3v) is 6.50. The van der Waals surface area contributed by atoms with Crippen LogP contribution < -0.4 is 4.90 Å².